The molecule has 0 rings (SSSR count). The molecule has 1 N–H and O–H groups in total. The lowest BCUT2D eigenvalue weighted by Crippen LogP contribution is -2.48. The normalized spacial score (nSPS) is 11.1. The Morgan fingerprint density at radius 2 is 1.75 bits per heavy atom. The van der Waals surface area contributed by atoms with Crippen LogP contribution in [0.25, 0.3) is 0 Å². The van der Waals surface area contributed by atoms with Gasteiger partial charge in [0.2, 0.25) is 5.91 Å². The predicted octanol–water partition coefficient (Wildman–Crippen LogP) is -1.81. The first-order chi connectivity index (χ1) is 6.97. The highest BCUT2D eigenvalue weighted by molar-refractivity contribution is 5.82. The second kappa shape index (κ2) is 8.70. The monoisotopic (exact) mass is 231 g/mol. The molecule has 94 valence electrons. The van der Waals surface area contributed by atoms with Crippen LogP contribution >= 0.6 is 0 Å². The zero-order chi connectivity index (χ0) is 11.8. The fraction of sp³-hybridized carbons (Fsp3) is 0.700. The molecule has 0 saturated carbocycles. The third-order valence-corrected chi connectivity index (χ3v) is 1.73. The van der Waals surface area contributed by atoms with Crippen molar-refractivity contribution in [2.24, 2.45) is 0 Å². The van der Waals surface area contributed by atoms with Gasteiger partial charge in [-0.25, -0.2) is 0 Å². The summed E-state index contributed by atoms with van der Waals surface area (Å²) in [7, 11) is 0. The lowest BCUT2D eigenvalue weighted by molar-refractivity contribution is -0.310. The average Bonchev–Trinajstić information content (AvgIpc) is 2.11. The number of carboxylic acid groups (broad SMARTS) is 2. The van der Waals surface area contributed by atoms with Gasteiger partial charge in [0, 0.05) is 12.4 Å². The summed E-state index contributed by atoms with van der Waals surface area (Å²) in [6, 6.07) is -1.26. The Kier molecular flexibility index (Phi) is 9.15. The van der Waals surface area contributed by atoms with Crippen molar-refractivity contribution < 1.29 is 24.6 Å². The zero-order valence-electron chi connectivity index (χ0n) is 8.45. The molecule has 0 fully saturated rings. The Bertz CT molecular complexity index is 252. The van der Waals surface area contributed by atoms with Gasteiger partial charge in [0.15, 0.2) is 0 Å². The largest absolute Gasteiger partial charge is 0.550 e. The number of hydrogen-bond donors (Lipinski definition) is 1. The lowest BCUT2D eigenvalue weighted by atomic mass is 10.1. The first-order valence-electron chi connectivity index (χ1n) is 4.67. The molecule has 0 aromatic carbocycles. The SMILES string of the molecule is C.CCCC(=O)N[C@@H](CCC(=O)[O-])C(=O)[O-]. The zero-order valence-corrected chi connectivity index (χ0v) is 8.45. The maximum Gasteiger partial charge on any atom is 0.220 e. The number of rotatable bonds is 7. The third-order valence-electron chi connectivity index (χ3n) is 1.73. The molecule has 0 heterocycles. The molecular formula is C10H17NO5-2. The van der Waals surface area contributed by atoms with Crippen molar-refractivity contribution in [1.82, 2.24) is 5.32 Å². The Hall–Kier alpha value is -1.59. The molecule has 0 aliphatic rings. The molecule has 0 unspecified atom stereocenters. The maximum absolute atomic E-state index is 11.0. The minimum Gasteiger partial charge on any atom is -0.550 e. The highest BCUT2D eigenvalue weighted by Crippen LogP contribution is 1.97. The molecule has 16 heavy (non-hydrogen) atoms. The van der Waals surface area contributed by atoms with Crippen molar-refractivity contribution in [3.8, 4) is 0 Å². The van der Waals surface area contributed by atoms with Gasteiger partial charge in [-0.05, 0) is 19.3 Å². The second-order valence-electron chi connectivity index (χ2n) is 3.10. The van der Waals surface area contributed by atoms with Crippen LogP contribution in [0.15, 0.2) is 0 Å². The topological polar surface area (TPSA) is 109 Å². The van der Waals surface area contributed by atoms with E-state index >= 15 is 0 Å². The van der Waals surface area contributed by atoms with Crippen LogP contribution in [-0.4, -0.2) is 23.9 Å². The average molecular weight is 231 g/mol. The van der Waals surface area contributed by atoms with Gasteiger partial charge < -0.3 is 25.1 Å². The van der Waals surface area contributed by atoms with Crippen molar-refractivity contribution in [1.29, 1.82) is 0 Å². The van der Waals surface area contributed by atoms with Crippen molar-refractivity contribution in [3.63, 3.8) is 0 Å². The Labute approximate surface area is 94.7 Å². The summed E-state index contributed by atoms with van der Waals surface area (Å²) < 4.78 is 0. The molecule has 0 bridgehead atoms. The summed E-state index contributed by atoms with van der Waals surface area (Å²) in [5, 5.41) is 22.8. The summed E-state index contributed by atoms with van der Waals surface area (Å²) in [6.07, 6.45) is 0.145. The van der Waals surface area contributed by atoms with Gasteiger partial charge in [0.05, 0.1) is 12.0 Å². The summed E-state index contributed by atoms with van der Waals surface area (Å²) in [5.74, 6) is -3.27. The van der Waals surface area contributed by atoms with Gasteiger partial charge >= 0.3 is 0 Å². The third kappa shape index (κ3) is 7.78. The van der Waals surface area contributed by atoms with E-state index in [1.807, 2.05) is 0 Å². The number of carbonyl (C=O) groups excluding carboxylic acids is 3. The highest BCUT2D eigenvalue weighted by Gasteiger charge is 2.12. The number of nitrogens with one attached hydrogen (secondary N) is 1. The van der Waals surface area contributed by atoms with E-state index in [0.717, 1.165) is 0 Å². The van der Waals surface area contributed by atoms with Gasteiger partial charge in [0.1, 0.15) is 0 Å². The summed E-state index contributed by atoms with van der Waals surface area (Å²) >= 11 is 0. The lowest BCUT2D eigenvalue weighted by Gasteiger charge is -2.19. The molecule has 0 aliphatic heterocycles. The summed E-state index contributed by atoms with van der Waals surface area (Å²) in [4.78, 5) is 31.7. The van der Waals surface area contributed by atoms with E-state index in [1.165, 1.54) is 0 Å². The van der Waals surface area contributed by atoms with Gasteiger partial charge in [-0.15, -0.1) is 0 Å². The van der Waals surface area contributed by atoms with Gasteiger partial charge in [-0.2, -0.15) is 0 Å². The summed E-state index contributed by atoms with van der Waals surface area (Å²) in [6.45, 7) is 1.77. The number of carboxylic acids is 2. The van der Waals surface area contributed by atoms with Crippen LogP contribution in [0.4, 0.5) is 0 Å². The molecule has 0 aromatic heterocycles. The van der Waals surface area contributed by atoms with Gasteiger partial charge in [0.25, 0.3) is 0 Å². The van der Waals surface area contributed by atoms with Crippen LogP contribution in [0.3, 0.4) is 0 Å². The van der Waals surface area contributed by atoms with Crippen LogP contribution in [0.1, 0.15) is 40.0 Å². The fourth-order valence-corrected chi connectivity index (χ4v) is 1.00. The van der Waals surface area contributed by atoms with Crippen LogP contribution in [0.5, 0.6) is 0 Å². The molecule has 1 atom stereocenters. The molecule has 0 spiro atoms. The van der Waals surface area contributed by atoms with E-state index in [9.17, 15) is 24.6 Å². The van der Waals surface area contributed by atoms with Crippen molar-refractivity contribution >= 4 is 17.8 Å². The molecule has 6 heteroatoms. The molecule has 0 aromatic rings. The van der Waals surface area contributed by atoms with Gasteiger partial charge in [-0.1, -0.05) is 14.4 Å². The predicted molar refractivity (Wildman–Crippen MR) is 52.8 cm³/mol. The van der Waals surface area contributed by atoms with E-state index in [2.05, 4.69) is 5.32 Å². The van der Waals surface area contributed by atoms with Crippen LogP contribution in [0.2, 0.25) is 0 Å². The molecule has 0 radical (unpaired) electrons. The Morgan fingerprint density at radius 1 is 1.19 bits per heavy atom. The molecule has 0 saturated heterocycles. The minimum absolute atomic E-state index is 0. The van der Waals surface area contributed by atoms with Crippen molar-refractivity contribution in [2.75, 3.05) is 0 Å². The van der Waals surface area contributed by atoms with Gasteiger partial charge in [-0.3, -0.25) is 4.79 Å². The smallest absolute Gasteiger partial charge is 0.220 e. The highest BCUT2D eigenvalue weighted by atomic mass is 16.4. The first kappa shape index (κ1) is 16.8. The second-order valence-corrected chi connectivity index (χ2v) is 3.10. The number of carbonyl (C=O) groups is 3. The van der Waals surface area contributed by atoms with Crippen molar-refractivity contribution in [3.05, 3.63) is 0 Å². The van der Waals surface area contributed by atoms with E-state index in [-0.39, 0.29) is 20.3 Å². The Balaban J connectivity index is 0. The maximum atomic E-state index is 11.0. The Morgan fingerprint density at radius 3 is 2.12 bits per heavy atom. The minimum atomic E-state index is -1.49. The fourth-order valence-electron chi connectivity index (χ4n) is 1.00. The first-order valence-corrected chi connectivity index (χ1v) is 4.67. The summed E-state index contributed by atoms with van der Waals surface area (Å²) in [5.41, 5.74) is 0. The number of hydrogen-bond acceptors (Lipinski definition) is 5. The van der Waals surface area contributed by atoms with Crippen LogP contribution in [-0.2, 0) is 14.4 Å². The van der Waals surface area contributed by atoms with E-state index in [0.29, 0.717) is 6.42 Å². The van der Waals surface area contributed by atoms with E-state index in [1.54, 1.807) is 6.92 Å². The van der Waals surface area contributed by atoms with E-state index in [4.69, 9.17) is 0 Å². The quantitative estimate of drug-likeness (QED) is 0.555. The molecule has 6 nitrogen and oxygen atoms in total. The standard InChI is InChI=1S/C9H15NO5.CH4/c1-2-3-7(11)10-6(9(14)15)4-5-8(12)13;/h6H,2-5H2,1H3,(H,10,11)(H,12,13)(H,14,15);1H4/p-2/t6-;/m0./s1. The molecule has 0 aliphatic carbocycles. The number of aliphatic carboxylic acids is 2. The molecule has 1 amide bonds. The molecular weight excluding hydrogens is 214 g/mol. The van der Waals surface area contributed by atoms with Crippen LogP contribution < -0.4 is 15.5 Å². The van der Waals surface area contributed by atoms with E-state index < -0.39 is 30.3 Å². The van der Waals surface area contributed by atoms with Crippen LogP contribution in [0, 0.1) is 0 Å². The van der Waals surface area contributed by atoms with Crippen molar-refractivity contribution in [2.45, 2.75) is 46.1 Å². The number of amides is 1.